The van der Waals surface area contributed by atoms with E-state index in [1.54, 1.807) is 25.5 Å². The van der Waals surface area contributed by atoms with Crippen LogP contribution in [0, 0.1) is 6.92 Å². The maximum atomic E-state index is 5.38. The summed E-state index contributed by atoms with van der Waals surface area (Å²) in [5, 5.41) is 8.66. The van der Waals surface area contributed by atoms with Gasteiger partial charge in [-0.2, -0.15) is 0 Å². The molecular weight excluding hydrogens is 334 g/mol. The number of aryl methyl sites for hydroxylation is 1. The van der Waals surface area contributed by atoms with Gasteiger partial charge in [-0.1, -0.05) is 12.1 Å². The van der Waals surface area contributed by atoms with Crippen molar-refractivity contribution < 1.29 is 4.74 Å². The third kappa shape index (κ3) is 4.30. The molecular formula is C18H23N5OS. The number of aliphatic imine (C=N–C) groups is 1. The summed E-state index contributed by atoms with van der Waals surface area (Å²) in [6.07, 6.45) is 4.95. The largest absolute Gasteiger partial charge is 0.496 e. The number of ether oxygens (including phenoxy) is 1. The lowest BCUT2D eigenvalue weighted by Gasteiger charge is -2.12. The smallest absolute Gasteiger partial charge is 0.193 e. The molecule has 0 amide bonds. The Morgan fingerprint density at radius 1 is 1.36 bits per heavy atom. The van der Waals surface area contributed by atoms with Gasteiger partial charge in [-0.25, -0.2) is 4.98 Å². The van der Waals surface area contributed by atoms with Crippen molar-refractivity contribution in [1.82, 2.24) is 20.0 Å². The lowest BCUT2D eigenvalue weighted by atomic mass is 10.1. The number of hydrogen-bond acceptors (Lipinski definition) is 4. The van der Waals surface area contributed by atoms with Crippen molar-refractivity contribution in [3.8, 4) is 5.75 Å². The lowest BCUT2D eigenvalue weighted by Crippen LogP contribution is -2.37. The lowest BCUT2D eigenvalue weighted by molar-refractivity contribution is 0.411. The van der Waals surface area contributed by atoms with Gasteiger partial charge in [0.1, 0.15) is 5.75 Å². The molecule has 0 unspecified atom stereocenters. The van der Waals surface area contributed by atoms with Crippen LogP contribution in [0.3, 0.4) is 0 Å². The van der Waals surface area contributed by atoms with Crippen LogP contribution in [0.15, 0.2) is 41.0 Å². The molecule has 2 aromatic heterocycles. The minimum atomic E-state index is 0.645. The minimum absolute atomic E-state index is 0.645. The molecule has 132 valence electrons. The summed E-state index contributed by atoms with van der Waals surface area (Å²) in [5.41, 5.74) is 3.38. The number of imidazole rings is 1. The number of aromatic nitrogens is 2. The third-order valence-corrected chi connectivity index (χ3v) is 4.75. The summed E-state index contributed by atoms with van der Waals surface area (Å²) in [6.45, 7) is 3.49. The molecule has 25 heavy (non-hydrogen) atoms. The van der Waals surface area contributed by atoms with E-state index in [0.29, 0.717) is 6.54 Å². The predicted octanol–water partition coefficient (Wildman–Crippen LogP) is 2.62. The quantitative estimate of drug-likeness (QED) is 0.526. The minimum Gasteiger partial charge on any atom is -0.496 e. The van der Waals surface area contributed by atoms with Gasteiger partial charge in [0, 0.05) is 31.4 Å². The summed E-state index contributed by atoms with van der Waals surface area (Å²) >= 11 is 1.63. The molecule has 0 saturated heterocycles. The number of fused-ring (bicyclic) bond motifs is 1. The highest BCUT2D eigenvalue weighted by Crippen LogP contribution is 2.19. The summed E-state index contributed by atoms with van der Waals surface area (Å²) in [5.74, 6) is 1.70. The Morgan fingerprint density at radius 2 is 2.24 bits per heavy atom. The van der Waals surface area contributed by atoms with Gasteiger partial charge < -0.3 is 15.4 Å². The first-order chi connectivity index (χ1) is 12.2. The second kappa shape index (κ2) is 8.02. The van der Waals surface area contributed by atoms with Crippen LogP contribution in [0.1, 0.15) is 16.8 Å². The maximum Gasteiger partial charge on any atom is 0.193 e. The highest BCUT2D eigenvalue weighted by atomic mass is 32.1. The first-order valence-electron chi connectivity index (χ1n) is 8.18. The first kappa shape index (κ1) is 17.3. The van der Waals surface area contributed by atoms with Gasteiger partial charge in [-0.15, -0.1) is 11.3 Å². The van der Waals surface area contributed by atoms with Crippen LogP contribution in [0.25, 0.3) is 4.96 Å². The van der Waals surface area contributed by atoms with Gasteiger partial charge >= 0.3 is 0 Å². The molecule has 0 spiro atoms. The van der Waals surface area contributed by atoms with E-state index in [9.17, 15) is 0 Å². The fourth-order valence-electron chi connectivity index (χ4n) is 2.60. The second-order valence-corrected chi connectivity index (χ2v) is 6.60. The molecule has 1 aromatic carbocycles. The highest BCUT2D eigenvalue weighted by molar-refractivity contribution is 7.15. The number of methoxy groups -OCH3 is 1. The van der Waals surface area contributed by atoms with E-state index in [1.165, 1.54) is 5.56 Å². The van der Waals surface area contributed by atoms with E-state index in [4.69, 9.17) is 4.74 Å². The van der Waals surface area contributed by atoms with Gasteiger partial charge in [0.05, 0.1) is 19.3 Å². The molecule has 0 fully saturated rings. The fraction of sp³-hybridized carbons (Fsp3) is 0.333. The fourth-order valence-corrected chi connectivity index (χ4v) is 3.32. The molecule has 0 aliphatic carbocycles. The summed E-state index contributed by atoms with van der Waals surface area (Å²) < 4.78 is 7.41. The molecule has 0 aliphatic rings. The summed E-state index contributed by atoms with van der Waals surface area (Å²) in [6, 6.07) is 6.31. The van der Waals surface area contributed by atoms with E-state index < -0.39 is 0 Å². The number of nitrogens with one attached hydrogen (secondary N) is 2. The van der Waals surface area contributed by atoms with Crippen LogP contribution in [-0.4, -0.2) is 36.0 Å². The molecule has 0 aliphatic heterocycles. The van der Waals surface area contributed by atoms with E-state index in [1.807, 2.05) is 29.1 Å². The van der Waals surface area contributed by atoms with Gasteiger partial charge in [0.25, 0.3) is 0 Å². The predicted molar refractivity (Wildman–Crippen MR) is 103 cm³/mol. The number of thiazole rings is 1. The molecule has 7 heteroatoms. The van der Waals surface area contributed by atoms with Crippen molar-refractivity contribution in [2.75, 3.05) is 20.7 Å². The first-order valence-corrected chi connectivity index (χ1v) is 9.06. The second-order valence-electron chi connectivity index (χ2n) is 5.73. The monoisotopic (exact) mass is 357 g/mol. The highest BCUT2D eigenvalue weighted by Gasteiger charge is 2.05. The molecule has 2 heterocycles. The Labute approximate surface area is 151 Å². The zero-order chi connectivity index (χ0) is 17.6. The molecule has 3 aromatic rings. The van der Waals surface area contributed by atoms with Crippen LogP contribution >= 0.6 is 11.3 Å². The Kier molecular flexibility index (Phi) is 5.55. The maximum absolute atomic E-state index is 5.38. The van der Waals surface area contributed by atoms with E-state index >= 15 is 0 Å². The van der Waals surface area contributed by atoms with E-state index in [0.717, 1.165) is 40.9 Å². The van der Waals surface area contributed by atoms with Gasteiger partial charge in [0.2, 0.25) is 0 Å². The van der Waals surface area contributed by atoms with Gasteiger partial charge in [0.15, 0.2) is 10.9 Å². The van der Waals surface area contributed by atoms with Crippen molar-refractivity contribution in [2.45, 2.75) is 19.9 Å². The molecule has 3 rings (SSSR count). The molecule has 6 nitrogen and oxygen atoms in total. The van der Waals surface area contributed by atoms with Gasteiger partial charge in [-0.3, -0.25) is 9.39 Å². The van der Waals surface area contributed by atoms with Crippen molar-refractivity contribution in [1.29, 1.82) is 0 Å². The molecule has 0 bridgehead atoms. The average molecular weight is 357 g/mol. The zero-order valence-electron chi connectivity index (χ0n) is 14.7. The van der Waals surface area contributed by atoms with Crippen LogP contribution in [-0.2, 0) is 13.0 Å². The van der Waals surface area contributed by atoms with Crippen LogP contribution in [0.5, 0.6) is 5.75 Å². The standard InChI is InChI=1S/C18H23N5OS/c1-13-4-5-14(10-16(13)24-3)6-7-20-17(19-2)21-11-15-12-23-8-9-25-18(23)22-15/h4-5,8-10,12H,6-7,11H2,1-3H3,(H2,19,20,21). The number of rotatable bonds is 6. The van der Waals surface area contributed by atoms with Crippen LogP contribution in [0.4, 0.5) is 0 Å². The number of hydrogen-bond donors (Lipinski definition) is 2. The zero-order valence-corrected chi connectivity index (χ0v) is 15.6. The van der Waals surface area contributed by atoms with Crippen LogP contribution in [0.2, 0.25) is 0 Å². The average Bonchev–Trinajstić information content (AvgIpc) is 3.20. The summed E-state index contributed by atoms with van der Waals surface area (Å²) in [7, 11) is 3.48. The SMILES string of the molecule is CN=C(NCCc1ccc(C)c(OC)c1)NCc1cn2ccsc2n1. The van der Waals surface area contributed by atoms with E-state index in [-0.39, 0.29) is 0 Å². The van der Waals surface area contributed by atoms with E-state index in [2.05, 4.69) is 38.8 Å². The number of nitrogens with zero attached hydrogens (tertiary/aromatic N) is 3. The Morgan fingerprint density at radius 3 is 3.00 bits per heavy atom. The Balaban J connectivity index is 1.48. The topological polar surface area (TPSA) is 63.0 Å². The molecule has 0 saturated carbocycles. The number of guanidine groups is 1. The summed E-state index contributed by atoms with van der Waals surface area (Å²) in [4.78, 5) is 9.83. The Hall–Kier alpha value is -2.54. The number of benzene rings is 1. The Bertz CT molecular complexity index is 839. The van der Waals surface area contributed by atoms with Crippen molar-refractivity contribution in [2.24, 2.45) is 4.99 Å². The van der Waals surface area contributed by atoms with Crippen LogP contribution < -0.4 is 15.4 Å². The third-order valence-electron chi connectivity index (χ3n) is 3.98. The van der Waals surface area contributed by atoms with Crippen molar-refractivity contribution in [3.05, 3.63) is 52.8 Å². The molecule has 2 N–H and O–H groups in total. The van der Waals surface area contributed by atoms with Crippen molar-refractivity contribution >= 4 is 22.3 Å². The molecule has 0 radical (unpaired) electrons. The normalized spacial score (nSPS) is 11.7. The van der Waals surface area contributed by atoms with Gasteiger partial charge in [-0.05, 0) is 30.5 Å². The molecule has 0 atom stereocenters. The van der Waals surface area contributed by atoms with Crippen molar-refractivity contribution in [3.63, 3.8) is 0 Å².